The molecule has 1 rings (SSSR count). The van der Waals surface area contributed by atoms with Gasteiger partial charge in [-0.15, -0.1) is 0 Å². The molecule has 3 heteroatoms. The van der Waals surface area contributed by atoms with Gasteiger partial charge in [0.1, 0.15) is 6.61 Å². The van der Waals surface area contributed by atoms with Crippen LogP contribution in [0.25, 0.3) is 0 Å². The van der Waals surface area contributed by atoms with Crippen LogP contribution in [0.1, 0.15) is 31.1 Å². The third-order valence-electron chi connectivity index (χ3n) is 1.86. The Morgan fingerprint density at radius 2 is 1.88 bits per heavy atom. The number of ether oxygens (including phenoxy) is 1. The fourth-order valence-corrected chi connectivity index (χ4v) is 1.92. The van der Waals surface area contributed by atoms with Gasteiger partial charge in [-0.2, -0.15) is 11.8 Å². The van der Waals surface area contributed by atoms with Crippen LogP contribution in [-0.4, -0.2) is 23.1 Å². The zero-order valence-corrected chi connectivity index (χ0v) is 10.8. The van der Waals surface area contributed by atoms with Gasteiger partial charge in [-0.3, -0.25) is 0 Å². The molecule has 1 aromatic rings. The summed E-state index contributed by atoms with van der Waals surface area (Å²) in [5, 5.41) is 0. The Morgan fingerprint density at radius 1 is 1.25 bits per heavy atom. The second-order valence-electron chi connectivity index (χ2n) is 4.46. The van der Waals surface area contributed by atoms with Gasteiger partial charge in [-0.25, -0.2) is 4.79 Å². The highest BCUT2D eigenvalue weighted by atomic mass is 32.2. The first-order valence-corrected chi connectivity index (χ1v) is 6.34. The lowest BCUT2D eigenvalue weighted by molar-refractivity contribution is 0.0530. The highest BCUT2D eigenvalue weighted by molar-refractivity contribution is 8.00. The third-order valence-corrected chi connectivity index (χ3v) is 3.10. The minimum absolute atomic E-state index is 0.221. The summed E-state index contributed by atoms with van der Waals surface area (Å²) in [6.07, 6.45) is 0. The van der Waals surface area contributed by atoms with E-state index in [2.05, 4.69) is 20.8 Å². The van der Waals surface area contributed by atoms with Crippen molar-refractivity contribution in [2.24, 2.45) is 0 Å². The molecule has 0 bridgehead atoms. The Labute approximate surface area is 101 Å². The van der Waals surface area contributed by atoms with Crippen molar-refractivity contribution in [1.29, 1.82) is 0 Å². The average molecular weight is 238 g/mol. The van der Waals surface area contributed by atoms with E-state index in [1.165, 1.54) is 0 Å². The second kappa shape index (κ2) is 5.94. The van der Waals surface area contributed by atoms with E-state index < -0.39 is 0 Å². The summed E-state index contributed by atoms with van der Waals surface area (Å²) in [5.74, 6) is 0.595. The Kier molecular flexibility index (Phi) is 4.87. The highest BCUT2D eigenvalue weighted by Crippen LogP contribution is 2.22. The number of rotatable bonds is 4. The zero-order valence-electron chi connectivity index (χ0n) is 10.0. The summed E-state index contributed by atoms with van der Waals surface area (Å²) in [6.45, 7) is 6.92. The van der Waals surface area contributed by atoms with Crippen LogP contribution < -0.4 is 0 Å². The summed E-state index contributed by atoms with van der Waals surface area (Å²) in [7, 11) is 0. The summed E-state index contributed by atoms with van der Waals surface area (Å²) < 4.78 is 5.39. The van der Waals surface area contributed by atoms with Gasteiger partial charge >= 0.3 is 5.97 Å². The minimum Gasteiger partial charge on any atom is -0.461 e. The fourth-order valence-electron chi connectivity index (χ4n) is 1.14. The quantitative estimate of drug-likeness (QED) is 0.594. The molecule has 0 spiro atoms. The lowest BCUT2D eigenvalue weighted by Crippen LogP contribution is -2.13. The molecule has 2 nitrogen and oxygen atoms in total. The molecule has 0 unspecified atom stereocenters. The maximum Gasteiger partial charge on any atom is 0.338 e. The number of hydrogen-bond acceptors (Lipinski definition) is 3. The Balaban J connectivity index is 2.27. The van der Waals surface area contributed by atoms with Crippen LogP contribution in [0.5, 0.6) is 0 Å². The van der Waals surface area contributed by atoms with Crippen LogP contribution >= 0.6 is 11.8 Å². The molecule has 0 saturated heterocycles. The van der Waals surface area contributed by atoms with E-state index >= 15 is 0 Å². The largest absolute Gasteiger partial charge is 0.461 e. The van der Waals surface area contributed by atoms with Crippen molar-refractivity contribution < 1.29 is 9.53 Å². The number of carbonyl (C=O) groups excluding carboxylic acids is 1. The molecule has 0 amide bonds. The van der Waals surface area contributed by atoms with Gasteiger partial charge in [0.2, 0.25) is 0 Å². The maximum absolute atomic E-state index is 11.5. The van der Waals surface area contributed by atoms with Crippen molar-refractivity contribution in [1.82, 2.24) is 0 Å². The predicted octanol–water partition coefficient (Wildman–Crippen LogP) is 3.38. The monoisotopic (exact) mass is 238 g/mol. The van der Waals surface area contributed by atoms with E-state index in [0.717, 1.165) is 5.75 Å². The molecular weight excluding hydrogens is 220 g/mol. The molecule has 0 radical (unpaired) electrons. The first-order chi connectivity index (χ1) is 7.49. The molecule has 16 heavy (non-hydrogen) atoms. The third kappa shape index (κ3) is 5.21. The lowest BCUT2D eigenvalue weighted by Gasteiger charge is -2.17. The topological polar surface area (TPSA) is 26.3 Å². The van der Waals surface area contributed by atoms with Gasteiger partial charge in [0.15, 0.2) is 0 Å². The van der Waals surface area contributed by atoms with Gasteiger partial charge < -0.3 is 4.74 Å². The fraction of sp³-hybridized carbons (Fsp3) is 0.462. The highest BCUT2D eigenvalue weighted by Gasteiger charge is 2.11. The molecule has 0 atom stereocenters. The van der Waals surface area contributed by atoms with Crippen molar-refractivity contribution in [2.45, 2.75) is 25.5 Å². The van der Waals surface area contributed by atoms with Gasteiger partial charge in [0.05, 0.1) is 5.56 Å². The maximum atomic E-state index is 11.5. The molecule has 1 aromatic carbocycles. The zero-order chi connectivity index (χ0) is 12.0. The van der Waals surface area contributed by atoms with Crippen molar-refractivity contribution in [3.05, 3.63) is 35.9 Å². The summed E-state index contributed by atoms with van der Waals surface area (Å²) in [6, 6.07) is 9.08. The van der Waals surface area contributed by atoms with E-state index in [9.17, 15) is 4.79 Å². The standard InChI is InChI=1S/C13H18O2S/c1-13(2,3)16-10-9-15-12(14)11-7-5-4-6-8-11/h4-8H,9-10H2,1-3H3. The molecule has 0 aromatic heterocycles. The number of thioether (sulfide) groups is 1. The number of carbonyl (C=O) groups is 1. The van der Waals surface area contributed by atoms with Crippen LogP contribution in [-0.2, 0) is 4.74 Å². The number of hydrogen-bond donors (Lipinski definition) is 0. The SMILES string of the molecule is CC(C)(C)SCCOC(=O)c1ccccc1. The molecule has 0 aliphatic heterocycles. The van der Waals surface area contributed by atoms with Crippen molar-refractivity contribution in [3.8, 4) is 0 Å². The predicted molar refractivity (Wildman–Crippen MR) is 68.9 cm³/mol. The van der Waals surface area contributed by atoms with Crippen molar-refractivity contribution >= 4 is 17.7 Å². The molecular formula is C13H18O2S. The first kappa shape index (κ1) is 13.1. The molecule has 0 heterocycles. The lowest BCUT2D eigenvalue weighted by atomic mass is 10.2. The summed E-state index contributed by atoms with van der Waals surface area (Å²) in [4.78, 5) is 11.5. The number of benzene rings is 1. The smallest absolute Gasteiger partial charge is 0.338 e. The average Bonchev–Trinajstić information content (AvgIpc) is 2.24. The Bertz CT molecular complexity index is 328. The van der Waals surface area contributed by atoms with Crippen LogP contribution in [0.2, 0.25) is 0 Å². The molecule has 0 aliphatic carbocycles. The molecule has 0 saturated carbocycles. The van der Waals surface area contributed by atoms with Crippen LogP contribution in [0.15, 0.2) is 30.3 Å². The summed E-state index contributed by atoms with van der Waals surface area (Å²) in [5.41, 5.74) is 0.614. The van der Waals surface area contributed by atoms with Crippen molar-refractivity contribution in [2.75, 3.05) is 12.4 Å². The normalized spacial score (nSPS) is 11.2. The molecule has 0 fully saturated rings. The van der Waals surface area contributed by atoms with E-state index in [1.807, 2.05) is 18.2 Å². The van der Waals surface area contributed by atoms with Gasteiger partial charge in [0, 0.05) is 10.5 Å². The molecule has 88 valence electrons. The second-order valence-corrected chi connectivity index (χ2v) is 6.38. The van der Waals surface area contributed by atoms with E-state index in [0.29, 0.717) is 12.2 Å². The van der Waals surface area contributed by atoms with E-state index in [-0.39, 0.29) is 10.7 Å². The van der Waals surface area contributed by atoms with E-state index in [4.69, 9.17) is 4.74 Å². The van der Waals surface area contributed by atoms with Crippen molar-refractivity contribution in [3.63, 3.8) is 0 Å². The van der Waals surface area contributed by atoms with Gasteiger partial charge in [-0.1, -0.05) is 39.0 Å². The Hall–Kier alpha value is -0.960. The van der Waals surface area contributed by atoms with Crippen LogP contribution in [0, 0.1) is 0 Å². The minimum atomic E-state index is -0.241. The number of esters is 1. The van der Waals surface area contributed by atoms with Crippen LogP contribution in [0.4, 0.5) is 0 Å². The Morgan fingerprint density at radius 3 is 2.44 bits per heavy atom. The molecule has 0 N–H and O–H groups in total. The van der Waals surface area contributed by atoms with Crippen LogP contribution in [0.3, 0.4) is 0 Å². The van der Waals surface area contributed by atoms with E-state index in [1.54, 1.807) is 23.9 Å². The first-order valence-electron chi connectivity index (χ1n) is 5.35. The van der Waals surface area contributed by atoms with Gasteiger partial charge in [-0.05, 0) is 12.1 Å². The summed E-state index contributed by atoms with van der Waals surface area (Å²) >= 11 is 1.79. The molecule has 0 aliphatic rings. The van der Waals surface area contributed by atoms with Gasteiger partial charge in [0.25, 0.3) is 0 Å².